The highest BCUT2D eigenvalue weighted by Gasteiger charge is 2.26. The second-order valence-corrected chi connectivity index (χ2v) is 9.93. The van der Waals surface area contributed by atoms with Gasteiger partial charge in [0, 0.05) is 12.1 Å². The Hall–Kier alpha value is -1.96. The van der Waals surface area contributed by atoms with Gasteiger partial charge in [-0.2, -0.15) is 0 Å². The van der Waals surface area contributed by atoms with Gasteiger partial charge in [-0.1, -0.05) is 35.6 Å². The number of sulfonamides is 1. The number of hydrogen-bond acceptors (Lipinski definition) is 4. The third kappa shape index (κ3) is 3.35. The summed E-state index contributed by atoms with van der Waals surface area (Å²) in [6.45, 7) is 3.89. The second-order valence-electron chi connectivity index (χ2n) is 7.23. The van der Waals surface area contributed by atoms with Crippen LogP contribution in [0.2, 0.25) is 0 Å². The van der Waals surface area contributed by atoms with Crippen LogP contribution in [0, 0.1) is 0 Å². The molecule has 3 aromatic rings. The van der Waals surface area contributed by atoms with Gasteiger partial charge in [-0.05, 0) is 62.4 Å². The lowest BCUT2D eigenvalue weighted by Gasteiger charge is -2.26. The summed E-state index contributed by atoms with van der Waals surface area (Å²) in [4.78, 5) is 12.3. The van der Waals surface area contributed by atoms with Crippen molar-refractivity contribution in [2.45, 2.75) is 50.1 Å². The number of nitrogens with zero attached hydrogens (tertiary/aromatic N) is 1. The number of benzene rings is 2. The quantitative estimate of drug-likeness (QED) is 0.717. The van der Waals surface area contributed by atoms with Crippen LogP contribution < -0.4 is 9.60 Å². The number of hydrogen-bond donors (Lipinski definition) is 1. The summed E-state index contributed by atoms with van der Waals surface area (Å²) >= 11 is 1.09. The lowest BCUT2D eigenvalue weighted by molar-refractivity contribution is 0.507. The summed E-state index contributed by atoms with van der Waals surface area (Å²) in [7, 11) is -3.67. The maximum Gasteiger partial charge on any atom is 0.308 e. The highest BCUT2D eigenvalue weighted by Crippen LogP contribution is 2.31. The van der Waals surface area contributed by atoms with Crippen molar-refractivity contribution in [3.05, 3.63) is 63.3 Å². The Kier molecular flexibility index (Phi) is 4.70. The van der Waals surface area contributed by atoms with Crippen LogP contribution in [0.5, 0.6) is 0 Å². The number of rotatable bonds is 4. The molecule has 27 heavy (non-hydrogen) atoms. The number of aryl methyl sites for hydroxylation is 1. The van der Waals surface area contributed by atoms with Crippen LogP contribution in [0.4, 0.5) is 0 Å². The molecule has 1 aromatic heterocycles. The summed E-state index contributed by atoms with van der Waals surface area (Å²) < 4.78 is 31.2. The van der Waals surface area contributed by atoms with Gasteiger partial charge >= 0.3 is 4.87 Å². The van der Waals surface area contributed by atoms with Gasteiger partial charge < -0.3 is 0 Å². The molecule has 7 heteroatoms. The molecule has 1 N–H and O–H groups in total. The molecule has 0 saturated heterocycles. The minimum Gasteiger partial charge on any atom is -0.296 e. The van der Waals surface area contributed by atoms with Crippen LogP contribution in [0.15, 0.2) is 52.2 Å². The minimum absolute atomic E-state index is 0.0329. The standard InChI is InChI=1S/C20H22N2O3S2/c1-13(2)22-18-11-10-15(12-19(18)26-20(22)23)27(24,25)21-17-9-5-7-14-6-3-4-8-16(14)17/h3-4,6,8,10-13,17,21H,5,7,9H2,1-2H3/t17-/m1/s1. The molecule has 0 amide bonds. The predicted octanol–water partition coefficient (Wildman–Crippen LogP) is 4.00. The van der Waals surface area contributed by atoms with E-state index in [4.69, 9.17) is 0 Å². The smallest absolute Gasteiger partial charge is 0.296 e. The molecule has 1 atom stereocenters. The van der Waals surface area contributed by atoms with Gasteiger partial charge in [0.1, 0.15) is 0 Å². The second kappa shape index (κ2) is 6.89. The number of fused-ring (bicyclic) bond motifs is 2. The van der Waals surface area contributed by atoms with E-state index in [1.807, 2.05) is 32.0 Å². The minimum atomic E-state index is -3.67. The molecule has 4 rings (SSSR count). The fourth-order valence-corrected chi connectivity index (χ4v) is 6.21. The first-order valence-corrected chi connectivity index (χ1v) is 11.4. The van der Waals surface area contributed by atoms with Crippen LogP contribution >= 0.6 is 11.3 Å². The third-order valence-corrected chi connectivity index (χ3v) is 7.47. The largest absolute Gasteiger partial charge is 0.308 e. The van der Waals surface area contributed by atoms with Crippen molar-refractivity contribution in [2.24, 2.45) is 0 Å². The molecule has 0 fully saturated rings. The summed E-state index contributed by atoms with van der Waals surface area (Å²) in [6.07, 6.45) is 2.73. The van der Waals surface area contributed by atoms with Gasteiger partial charge in [-0.15, -0.1) is 0 Å². The molecular formula is C20H22N2O3S2. The van der Waals surface area contributed by atoms with E-state index in [-0.39, 0.29) is 21.9 Å². The lowest BCUT2D eigenvalue weighted by atomic mass is 9.88. The van der Waals surface area contributed by atoms with Crippen molar-refractivity contribution in [1.29, 1.82) is 0 Å². The maximum absolute atomic E-state index is 13.0. The molecule has 1 heterocycles. The Labute approximate surface area is 162 Å². The van der Waals surface area contributed by atoms with E-state index in [0.717, 1.165) is 41.7 Å². The molecule has 1 aliphatic rings. The van der Waals surface area contributed by atoms with Crippen molar-refractivity contribution in [2.75, 3.05) is 0 Å². The molecule has 0 spiro atoms. The molecular weight excluding hydrogens is 380 g/mol. The van der Waals surface area contributed by atoms with E-state index in [9.17, 15) is 13.2 Å². The Morgan fingerprint density at radius 1 is 1.19 bits per heavy atom. The average molecular weight is 403 g/mol. The van der Waals surface area contributed by atoms with Crippen molar-refractivity contribution < 1.29 is 8.42 Å². The Bertz CT molecular complexity index is 1160. The topological polar surface area (TPSA) is 68.2 Å². The first kappa shape index (κ1) is 18.4. The Morgan fingerprint density at radius 3 is 2.74 bits per heavy atom. The van der Waals surface area contributed by atoms with E-state index in [1.165, 1.54) is 5.56 Å². The first-order valence-electron chi connectivity index (χ1n) is 9.12. The zero-order valence-corrected chi connectivity index (χ0v) is 16.9. The van der Waals surface area contributed by atoms with Crippen LogP contribution in [0.25, 0.3) is 10.2 Å². The highest BCUT2D eigenvalue weighted by atomic mass is 32.2. The van der Waals surface area contributed by atoms with Crippen molar-refractivity contribution in [3.8, 4) is 0 Å². The fourth-order valence-electron chi connectivity index (χ4n) is 3.80. The zero-order chi connectivity index (χ0) is 19.2. The molecule has 2 aromatic carbocycles. The third-order valence-electron chi connectivity index (χ3n) is 5.08. The zero-order valence-electron chi connectivity index (χ0n) is 15.3. The predicted molar refractivity (Wildman–Crippen MR) is 109 cm³/mol. The molecule has 0 bridgehead atoms. The highest BCUT2D eigenvalue weighted by molar-refractivity contribution is 7.89. The first-order chi connectivity index (χ1) is 12.9. The van der Waals surface area contributed by atoms with Crippen molar-refractivity contribution in [1.82, 2.24) is 9.29 Å². The van der Waals surface area contributed by atoms with Gasteiger partial charge in [0.25, 0.3) is 0 Å². The summed E-state index contributed by atoms with van der Waals surface area (Å²) in [6, 6.07) is 12.8. The molecule has 5 nitrogen and oxygen atoms in total. The summed E-state index contributed by atoms with van der Waals surface area (Å²) in [5.41, 5.74) is 3.05. The maximum atomic E-state index is 13.0. The normalized spacial score (nSPS) is 17.4. The SMILES string of the molecule is CC(C)n1c(=O)sc2cc(S(=O)(=O)N[C@@H]3CCCc4ccccc43)ccc21. The Balaban J connectivity index is 1.70. The van der Waals surface area contributed by atoms with Crippen LogP contribution in [0.1, 0.15) is 49.9 Å². The van der Waals surface area contributed by atoms with Gasteiger partial charge in [-0.25, -0.2) is 13.1 Å². The van der Waals surface area contributed by atoms with E-state index in [0.29, 0.717) is 4.70 Å². The van der Waals surface area contributed by atoms with Crippen molar-refractivity contribution >= 4 is 31.6 Å². The fraction of sp³-hybridized carbons (Fsp3) is 0.350. The molecule has 0 radical (unpaired) electrons. The molecule has 1 aliphatic carbocycles. The van der Waals surface area contributed by atoms with E-state index in [2.05, 4.69) is 10.8 Å². The van der Waals surface area contributed by atoms with Crippen LogP contribution in [0.3, 0.4) is 0 Å². The Morgan fingerprint density at radius 2 is 1.96 bits per heavy atom. The lowest BCUT2D eigenvalue weighted by Crippen LogP contribution is -2.31. The number of thiazole rings is 1. The molecule has 0 saturated carbocycles. The van der Waals surface area contributed by atoms with E-state index in [1.54, 1.807) is 22.8 Å². The van der Waals surface area contributed by atoms with E-state index < -0.39 is 10.0 Å². The van der Waals surface area contributed by atoms with Crippen LogP contribution in [-0.4, -0.2) is 13.0 Å². The van der Waals surface area contributed by atoms with Crippen LogP contribution in [-0.2, 0) is 16.4 Å². The molecule has 142 valence electrons. The summed E-state index contributed by atoms with van der Waals surface area (Å²) in [5, 5.41) is 0. The number of aromatic nitrogens is 1. The molecule has 0 unspecified atom stereocenters. The molecule has 0 aliphatic heterocycles. The van der Waals surface area contributed by atoms with Gasteiger partial charge in [-0.3, -0.25) is 9.36 Å². The van der Waals surface area contributed by atoms with Gasteiger partial charge in [0.2, 0.25) is 10.0 Å². The van der Waals surface area contributed by atoms with Gasteiger partial charge in [0.15, 0.2) is 0 Å². The average Bonchev–Trinajstić information content (AvgIpc) is 2.97. The summed E-state index contributed by atoms with van der Waals surface area (Å²) in [5.74, 6) is 0. The number of nitrogens with one attached hydrogen (secondary N) is 1. The van der Waals surface area contributed by atoms with E-state index >= 15 is 0 Å². The monoisotopic (exact) mass is 402 g/mol. The van der Waals surface area contributed by atoms with Gasteiger partial charge in [0.05, 0.1) is 15.1 Å². The van der Waals surface area contributed by atoms with Crippen molar-refractivity contribution in [3.63, 3.8) is 0 Å².